The lowest BCUT2D eigenvalue weighted by molar-refractivity contribution is 0.0117. The molecule has 0 bridgehead atoms. The highest BCUT2D eigenvalue weighted by Crippen LogP contribution is 2.30. The van der Waals surface area contributed by atoms with Gasteiger partial charge in [-0.15, -0.1) is 0 Å². The van der Waals surface area contributed by atoms with Gasteiger partial charge in [-0.3, -0.25) is 4.90 Å². The van der Waals surface area contributed by atoms with Crippen LogP contribution in [-0.2, 0) is 0 Å². The first-order valence-electron chi connectivity index (χ1n) is 10.4. The van der Waals surface area contributed by atoms with E-state index in [1.807, 2.05) is 12.1 Å². The van der Waals surface area contributed by atoms with Crippen LogP contribution < -0.4 is 4.74 Å². The molecule has 0 aliphatic heterocycles. The molecule has 1 unspecified atom stereocenters. The summed E-state index contributed by atoms with van der Waals surface area (Å²) >= 11 is 0. The van der Waals surface area contributed by atoms with Crippen molar-refractivity contribution in [3.63, 3.8) is 0 Å². The van der Waals surface area contributed by atoms with Gasteiger partial charge in [-0.05, 0) is 44.7 Å². The largest absolute Gasteiger partial charge is 0.491 e. The average molecular weight is 346 g/mol. The molecule has 1 aromatic carbocycles. The lowest BCUT2D eigenvalue weighted by Gasteiger charge is -2.42. The van der Waals surface area contributed by atoms with Crippen LogP contribution in [0.3, 0.4) is 0 Å². The molecule has 0 radical (unpaired) electrons. The smallest absolute Gasteiger partial charge is 0.119 e. The molecule has 2 fully saturated rings. The van der Waals surface area contributed by atoms with Crippen molar-refractivity contribution in [3.8, 4) is 5.75 Å². The molecular formula is C22H35NO2. The third-order valence-corrected chi connectivity index (χ3v) is 5.97. The fourth-order valence-corrected chi connectivity index (χ4v) is 4.54. The lowest BCUT2D eigenvalue weighted by atomic mass is 9.88. The summed E-state index contributed by atoms with van der Waals surface area (Å²) in [6.07, 6.45) is 13.0. The number of rotatable bonds is 7. The van der Waals surface area contributed by atoms with Gasteiger partial charge in [0.05, 0.1) is 0 Å². The van der Waals surface area contributed by atoms with Crippen molar-refractivity contribution in [3.05, 3.63) is 29.8 Å². The number of aryl methyl sites for hydroxylation is 1. The first kappa shape index (κ1) is 18.7. The fraction of sp³-hybridized carbons (Fsp3) is 0.727. The zero-order valence-corrected chi connectivity index (χ0v) is 15.8. The maximum atomic E-state index is 10.6. The highest BCUT2D eigenvalue weighted by atomic mass is 16.5. The van der Waals surface area contributed by atoms with E-state index < -0.39 is 6.10 Å². The van der Waals surface area contributed by atoms with Crippen LogP contribution in [0.4, 0.5) is 0 Å². The van der Waals surface area contributed by atoms with Gasteiger partial charge in [0, 0.05) is 18.6 Å². The minimum Gasteiger partial charge on any atom is -0.491 e. The number of aliphatic hydroxyl groups excluding tert-OH is 1. The van der Waals surface area contributed by atoms with Crippen LogP contribution in [0, 0.1) is 6.92 Å². The molecule has 3 heteroatoms. The summed E-state index contributed by atoms with van der Waals surface area (Å²) in [5, 5.41) is 10.6. The molecule has 1 N–H and O–H groups in total. The van der Waals surface area contributed by atoms with Gasteiger partial charge in [0.25, 0.3) is 0 Å². The Hall–Kier alpha value is -1.06. The van der Waals surface area contributed by atoms with Crippen LogP contribution in [0.2, 0.25) is 0 Å². The van der Waals surface area contributed by atoms with Gasteiger partial charge >= 0.3 is 0 Å². The van der Waals surface area contributed by atoms with E-state index in [1.165, 1.54) is 69.8 Å². The number of ether oxygens (including phenoxy) is 1. The molecule has 0 aromatic heterocycles. The van der Waals surface area contributed by atoms with Gasteiger partial charge in [0.1, 0.15) is 18.5 Å². The number of aliphatic hydroxyl groups is 1. The molecule has 1 atom stereocenters. The molecular weight excluding hydrogens is 310 g/mol. The molecule has 2 saturated carbocycles. The Morgan fingerprint density at radius 3 is 1.96 bits per heavy atom. The highest BCUT2D eigenvalue weighted by molar-refractivity contribution is 5.26. The lowest BCUT2D eigenvalue weighted by Crippen LogP contribution is -2.49. The van der Waals surface area contributed by atoms with E-state index in [0.717, 1.165) is 12.3 Å². The SMILES string of the molecule is Cc1ccc(OCC(O)CN(C2CCCCC2)C2CCCCC2)cc1. The third kappa shape index (κ3) is 5.72. The molecule has 3 nitrogen and oxygen atoms in total. The maximum absolute atomic E-state index is 10.6. The van der Waals surface area contributed by atoms with Crippen molar-refractivity contribution in [2.24, 2.45) is 0 Å². The zero-order chi connectivity index (χ0) is 17.5. The van der Waals surface area contributed by atoms with E-state index in [-0.39, 0.29) is 0 Å². The Bertz CT molecular complexity index is 471. The predicted octanol–water partition coefficient (Wildman–Crippen LogP) is 4.70. The van der Waals surface area contributed by atoms with Gasteiger partial charge in [0.15, 0.2) is 0 Å². The van der Waals surface area contributed by atoms with Crippen LogP contribution in [0.15, 0.2) is 24.3 Å². The minimum absolute atomic E-state index is 0.388. The van der Waals surface area contributed by atoms with Gasteiger partial charge in [-0.2, -0.15) is 0 Å². The monoisotopic (exact) mass is 345 g/mol. The summed E-state index contributed by atoms with van der Waals surface area (Å²) in [4.78, 5) is 2.65. The molecule has 1 aromatic rings. The summed E-state index contributed by atoms with van der Waals surface area (Å²) in [6, 6.07) is 9.43. The van der Waals surface area contributed by atoms with Crippen molar-refractivity contribution in [2.45, 2.75) is 89.3 Å². The van der Waals surface area contributed by atoms with Crippen LogP contribution >= 0.6 is 0 Å². The van der Waals surface area contributed by atoms with E-state index >= 15 is 0 Å². The number of nitrogens with zero attached hydrogens (tertiary/aromatic N) is 1. The van der Waals surface area contributed by atoms with Crippen molar-refractivity contribution < 1.29 is 9.84 Å². The standard InChI is InChI=1S/C22H35NO2/c1-18-12-14-22(15-13-18)25-17-21(24)16-23(19-8-4-2-5-9-19)20-10-6-3-7-11-20/h12-15,19-21,24H,2-11,16-17H2,1H3. The zero-order valence-electron chi connectivity index (χ0n) is 15.8. The molecule has 0 heterocycles. The number of hydrogen-bond acceptors (Lipinski definition) is 3. The second-order valence-electron chi connectivity index (χ2n) is 8.06. The van der Waals surface area contributed by atoms with Gasteiger partial charge < -0.3 is 9.84 Å². The second-order valence-corrected chi connectivity index (χ2v) is 8.06. The quantitative estimate of drug-likeness (QED) is 0.777. The number of hydrogen-bond donors (Lipinski definition) is 1. The Balaban J connectivity index is 1.55. The highest BCUT2D eigenvalue weighted by Gasteiger charge is 2.30. The van der Waals surface area contributed by atoms with E-state index in [1.54, 1.807) is 0 Å². The first-order chi connectivity index (χ1) is 12.2. The second kappa shape index (κ2) is 9.59. The Morgan fingerprint density at radius 2 is 1.44 bits per heavy atom. The molecule has 0 amide bonds. The maximum Gasteiger partial charge on any atom is 0.119 e. The van der Waals surface area contributed by atoms with Gasteiger partial charge in [-0.25, -0.2) is 0 Å². The molecule has 0 spiro atoms. The minimum atomic E-state index is -0.412. The first-order valence-corrected chi connectivity index (χ1v) is 10.4. The molecule has 2 aliphatic rings. The third-order valence-electron chi connectivity index (χ3n) is 5.97. The molecule has 140 valence electrons. The summed E-state index contributed by atoms with van der Waals surface area (Å²) in [5.74, 6) is 0.853. The van der Waals surface area contributed by atoms with E-state index in [9.17, 15) is 5.11 Å². The van der Waals surface area contributed by atoms with E-state index in [4.69, 9.17) is 4.74 Å². The van der Waals surface area contributed by atoms with Crippen molar-refractivity contribution >= 4 is 0 Å². The fourth-order valence-electron chi connectivity index (χ4n) is 4.54. The normalized spacial score (nSPS) is 21.4. The Kier molecular flexibility index (Phi) is 7.18. The van der Waals surface area contributed by atoms with Crippen LogP contribution in [-0.4, -0.2) is 41.3 Å². The predicted molar refractivity (Wildman–Crippen MR) is 103 cm³/mol. The summed E-state index contributed by atoms with van der Waals surface area (Å²) in [5.41, 5.74) is 1.23. The van der Waals surface area contributed by atoms with Gasteiger partial charge in [-0.1, -0.05) is 56.2 Å². The number of benzene rings is 1. The van der Waals surface area contributed by atoms with Crippen LogP contribution in [0.25, 0.3) is 0 Å². The Morgan fingerprint density at radius 1 is 0.920 bits per heavy atom. The molecule has 3 rings (SSSR count). The molecule has 0 saturated heterocycles. The van der Waals surface area contributed by atoms with Crippen molar-refractivity contribution in [2.75, 3.05) is 13.2 Å². The van der Waals surface area contributed by atoms with Crippen molar-refractivity contribution in [1.29, 1.82) is 0 Å². The van der Waals surface area contributed by atoms with Crippen LogP contribution in [0.1, 0.15) is 69.8 Å². The average Bonchev–Trinajstić information content (AvgIpc) is 2.67. The molecule has 2 aliphatic carbocycles. The summed E-state index contributed by atoms with van der Waals surface area (Å²) in [6.45, 7) is 3.23. The summed E-state index contributed by atoms with van der Waals surface area (Å²) < 4.78 is 5.82. The van der Waals surface area contributed by atoms with E-state index in [2.05, 4.69) is 24.0 Å². The van der Waals surface area contributed by atoms with Gasteiger partial charge in [0.2, 0.25) is 0 Å². The molecule has 25 heavy (non-hydrogen) atoms. The van der Waals surface area contributed by atoms with E-state index in [0.29, 0.717) is 18.7 Å². The topological polar surface area (TPSA) is 32.7 Å². The van der Waals surface area contributed by atoms with Crippen LogP contribution in [0.5, 0.6) is 5.75 Å². The Labute approximate surface area is 153 Å². The van der Waals surface area contributed by atoms with Crippen molar-refractivity contribution in [1.82, 2.24) is 4.90 Å². The summed E-state index contributed by atoms with van der Waals surface area (Å²) in [7, 11) is 0.